The molecule has 140 valence electrons. The smallest absolute Gasteiger partial charge is 0.278 e. The molecule has 0 bridgehead atoms. The first-order valence-electron chi connectivity index (χ1n) is 8.55. The van der Waals surface area contributed by atoms with Gasteiger partial charge in [-0.05, 0) is 12.1 Å². The zero-order valence-corrected chi connectivity index (χ0v) is 16.0. The quantitative estimate of drug-likeness (QED) is 0.788. The van der Waals surface area contributed by atoms with E-state index in [1.807, 2.05) is 38.4 Å². The number of carbonyl (C=O) groups excluding carboxylic acids is 1. The van der Waals surface area contributed by atoms with Gasteiger partial charge in [0.1, 0.15) is 12.3 Å². The number of aryl methyl sites for hydroxylation is 1. The number of nitrogens with zero attached hydrogens (tertiary/aromatic N) is 3. The van der Waals surface area contributed by atoms with Crippen LogP contribution < -0.4 is 14.4 Å². The van der Waals surface area contributed by atoms with Crippen LogP contribution in [0.3, 0.4) is 0 Å². The monoisotopic (exact) mass is 379 g/mol. The normalized spacial score (nSPS) is 16.0. The molecule has 0 saturated carbocycles. The molecule has 2 aromatic rings. The van der Waals surface area contributed by atoms with Crippen LogP contribution in [0, 0.1) is 0 Å². The van der Waals surface area contributed by atoms with E-state index in [2.05, 4.69) is 5.10 Å². The highest BCUT2D eigenvalue weighted by Crippen LogP contribution is 2.31. The molecule has 0 saturated heterocycles. The van der Waals surface area contributed by atoms with Gasteiger partial charge in [0.25, 0.3) is 5.91 Å². The Morgan fingerprint density at radius 2 is 2.12 bits per heavy atom. The van der Waals surface area contributed by atoms with Crippen LogP contribution >= 0.6 is 11.6 Å². The van der Waals surface area contributed by atoms with Gasteiger partial charge in [0.15, 0.2) is 24.1 Å². The van der Waals surface area contributed by atoms with E-state index in [1.165, 1.54) is 0 Å². The molecule has 1 aliphatic rings. The molecule has 1 N–H and O–H groups in total. The number of para-hydroxylation sites is 2. The molecule has 1 aromatic carbocycles. The molecule has 1 aromatic heterocycles. The van der Waals surface area contributed by atoms with Crippen LogP contribution in [0.15, 0.2) is 30.5 Å². The van der Waals surface area contributed by atoms with Crippen LogP contribution in [-0.4, -0.2) is 60.5 Å². The standard InChI is InChI=1S/C18H23ClN4O3/c1-21(2)11-18(24)23(10-15-14(19)9-22(3)20-15)8-13-12-25-16-6-4-5-7-17(16)26-13/h4-7,9,13H,8,10-12H2,1-3H3/p+1/t13-/m0/s1. The van der Waals surface area contributed by atoms with E-state index < -0.39 is 0 Å². The molecule has 0 spiro atoms. The Morgan fingerprint density at radius 1 is 1.38 bits per heavy atom. The molecule has 0 aliphatic carbocycles. The highest BCUT2D eigenvalue weighted by Gasteiger charge is 2.27. The lowest BCUT2D eigenvalue weighted by atomic mass is 10.2. The summed E-state index contributed by atoms with van der Waals surface area (Å²) in [5.74, 6) is 1.45. The minimum atomic E-state index is -0.242. The van der Waals surface area contributed by atoms with Crippen LogP contribution in [0.5, 0.6) is 11.5 Å². The zero-order valence-electron chi connectivity index (χ0n) is 15.2. The maximum Gasteiger partial charge on any atom is 0.278 e. The van der Waals surface area contributed by atoms with Crippen molar-refractivity contribution >= 4 is 17.5 Å². The van der Waals surface area contributed by atoms with Crippen molar-refractivity contribution in [3.8, 4) is 11.5 Å². The van der Waals surface area contributed by atoms with Crippen LogP contribution in [-0.2, 0) is 18.4 Å². The molecular formula is C18H24ClN4O3+. The molecule has 2 heterocycles. The summed E-state index contributed by atoms with van der Waals surface area (Å²) in [6.07, 6.45) is 1.49. The van der Waals surface area contributed by atoms with Crippen molar-refractivity contribution in [1.82, 2.24) is 14.7 Å². The second-order valence-corrected chi connectivity index (χ2v) is 7.16. The third kappa shape index (κ3) is 4.47. The maximum atomic E-state index is 12.7. The van der Waals surface area contributed by atoms with Crippen molar-refractivity contribution in [2.75, 3.05) is 33.8 Å². The molecule has 8 heteroatoms. The average Bonchev–Trinajstić information content (AvgIpc) is 2.91. The van der Waals surface area contributed by atoms with E-state index in [1.54, 1.807) is 22.8 Å². The summed E-state index contributed by atoms with van der Waals surface area (Å²) in [4.78, 5) is 15.5. The van der Waals surface area contributed by atoms with Gasteiger partial charge in [-0.3, -0.25) is 9.48 Å². The number of likely N-dealkylation sites (N-methyl/N-ethyl adjacent to an activating group) is 1. The zero-order chi connectivity index (χ0) is 18.7. The van der Waals surface area contributed by atoms with Crippen molar-refractivity contribution in [2.45, 2.75) is 12.6 Å². The van der Waals surface area contributed by atoms with Gasteiger partial charge in [0, 0.05) is 13.2 Å². The second-order valence-electron chi connectivity index (χ2n) is 6.75. The summed E-state index contributed by atoms with van der Waals surface area (Å²) in [6.45, 7) is 1.53. The van der Waals surface area contributed by atoms with E-state index in [0.29, 0.717) is 42.7 Å². The Morgan fingerprint density at radius 3 is 2.77 bits per heavy atom. The van der Waals surface area contributed by atoms with Gasteiger partial charge in [-0.25, -0.2) is 0 Å². The third-order valence-corrected chi connectivity index (χ3v) is 4.36. The van der Waals surface area contributed by atoms with Gasteiger partial charge < -0.3 is 19.3 Å². The topological polar surface area (TPSA) is 61.0 Å². The summed E-state index contributed by atoms with van der Waals surface area (Å²) in [5.41, 5.74) is 0.674. The lowest BCUT2D eigenvalue weighted by Gasteiger charge is -2.31. The van der Waals surface area contributed by atoms with Crippen molar-refractivity contribution in [1.29, 1.82) is 0 Å². The number of fused-ring (bicyclic) bond motifs is 1. The SMILES string of the molecule is Cn1cc(Cl)c(CN(C[C@H]2COc3ccccc3O2)C(=O)C[NH+](C)C)n1. The number of rotatable bonds is 6. The summed E-state index contributed by atoms with van der Waals surface area (Å²) in [6, 6.07) is 7.54. The lowest BCUT2D eigenvalue weighted by molar-refractivity contribution is -0.849. The molecule has 26 heavy (non-hydrogen) atoms. The van der Waals surface area contributed by atoms with Gasteiger partial charge >= 0.3 is 0 Å². The van der Waals surface area contributed by atoms with Crippen LogP contribution in [0.4, 0.5) is 0 Å². The van der Waals surface area contributed by atoms with Crippen molar-refractivity contribution < 1.29 is 19.2 Å². The summed E-state index contributed by atoms with van der Waals surface area (Å²) in [7, 11) is 5.70. The van der Waals surface area contributed by atoms with Gasteiger partial charge in [-0.2, -0.15) is 5.10 Å². The third-order valence-electron chi connectivity index (χ3n) is 4.04. The summed E-state index contributed by atoms with van der Waals surface area (Å²) >= 11 is 6.23. The average molecular weight is 380 g/mol. The first-order chi connectivity index (χ1) is 12.4. The number of carbonyl (C=O) groups is 1. The number of amides is 1. The lowest BCUT2D eigenvalue weighted by Crippen LogP contribution is -3.07. The Hall–Kier alpha value is -2.25. The van der Waals surface area contributed by atoms with E-state index in [9.17, 15) is 4.79 Å². The van der Waals surface area contributed by atoms with Crippen LogP contribution in [0.2, 0.25) is 5.02 Å². The van der Waals surface area contributed by atoms with Gasteiger partial charge in [0.2, 0.25) is 0 Å². The predicted octanol–water partition coefficient (Wildman–Crippen LogP) is 0.387. The number of benzene rings is 1. The highest BCUT2D eigenvalue weighted by atomic mass is 35.5. The molecule has 0 fully saturated rings. The van der Waals surface area contributed by atoms with E-state index >= 15 is 0 Å². The Bertz CT molecular complexity index is 778. The van der Waals surface area contributed by atoms with Crippen molar-refractivity contribution in [3.63, 3.8) is 0 Å². The van der Waals surface area contributed by atoms with Crippen molar-refractivity contribution in [3.05, 3.63) is 41.2 Å². The van der Waals surface area contributed by atoms with Crippen LogP contribution in [0.1, 0.15) is 5.69 Å². The molecule has 1 atom stereocenters. The second kappa shape index (κ2) is 7.97. The number of nitrogens with one attached hydrogen (secondary N) is 1. The van der Waals surface area contributed by atoms with Crippen LogP contribution in [0.25, 0.3) is 0 Å². The van der Waals surface area contributed by atoms with E-state index in [-0.39, 0.29) is 12.0 Å². The van der Waals surface area contributed by atoms with Crippen molar-refractivity contribution in [2.24, 2.45) is 7.05 Å². The number of hydrogen-bond acceptors (Lipinski definition) is 4. The summed E-state index contributed by atoms with van der Waals surface area (Å²) < 4.78 is 13.4. The summed E-state index contributed by atoms with van der Waals surface area (Å²) in [5, 5.41) is 4.90. The van der Waals surface area contributed by atoms with E-state index in [4.69, 9.17) is 21.1 Å². The molecule has 0 radical (unpaired) electrons. The highest BCUT2D eigenvalue weighted by molar-refractivity contribution is 6.31. The number of aromatic nitrogens is 2. The maximum absolute atomic E-state index is 12.7. The first-order valence-corrected chi connectivity index (χ1v) is 8.93. The molecule has 7 nitrogen and oxygen atoms in total. The first kappa shape index (κ1) is 18.5. The Balaban J connectivity index is 1.73. The fraction of sp³-hybridized carbons (Fsp3) is 0.444. The molecule has 1 amide bonds. The number of ether oxygens (including phenoxy) is 2. The van der Waals surface area contributed by atoms with Gasteiger partial charge in [-0.1, -0.05) is 23.7 Å². The molecular weight excluding hydrogens is 356 g/mol. The largest absolute Gasteiger partial charge is 0.486 e. The molecule has 3 rings (SSSR count). The number of hydrogen-bond donors (Lipinski definition) is 1. The fourth-order valence-electron chi connectivity index (χ4n) is 2.86. The van der Waals surface area contributed by atoms with Gasteiger partial charge in [-0.15, -0.1) is 0 Å². The van der Waals surface area contributed by atoms with Gasteiger partial charge in [0.05, 0.1) is 32.2 Å². The molecule has 1 aliphatic heterocycles. The predicted molar refractivity (Wildman–Crippen MR) is 97.7 cm³/mol. The number of halogens is 1. The molecule has 0 unspecified atom stereocenters. The minimum Gasteiger partial charge on any atom is -0.486 e. The fourth-order valence-corrected chi connectivity index (χ4v) is 3.10. The van der Waals surface area contributed by atoms with E-state index in [0.717, 1.165) is 10.6 Å². The number of quaternary nitrogens is 1. The minimum absolute atomic E-state index is 0.0224. The Kier molecular flexibility index (Phi) is 5.68. The Labute approximate surface area is 158 Å².